The zero-order chi connectivity index (χ0) is 23.6. The van der Waals surface area contributed by atoms with Gasteiger partial charge in [0.15, 0.2) is 0 Å². The van der Waals surface area contributed by atoms with Crippen molar-refractivity contribution in [3.8, 4) is 11.1 Å². The zero-order valence-corrected chi connectivity index (χ0v) is 17.9. The van der Waals surface area contributed by atoms with Crippen LogP contribution in [0.3, 0.4) is 0 Å². The number of halogens is 3. The number of hydrogen-bond acceptors (Lipinski definition) is 3. The van der Waals surface area contributed by atoms with E-state index < -0.39 is 42.3 Å². The summed E-state index contributed by atoms with van der Waals surface area (Å²) in [5, 5.41) is 3.41. The molecule has 0 saturated carbocycles. The maximum Gasteiger partial charge on any atom is 0.392 e. The fourth-order valence-electron chi connectivity index (χ4n) is 3.54. The first-order valence-corrected chi connectivity index (χ1v) is 10.2. The molecule has 170 valence electrons. The Bertz CT molecular complexity index is 1040. The summed E-state index contributed by atoms with van der Waals surface area (Å²) < 4.78 is 38.0. The predicted molar refractivity (Wildman–Crippen MR) is 113 cm³/mol. The van der Waals surface area contributed by atoms with Crippen LogP contribution in [0.25, 0.3) is 11.1 Å². The summed E-state index contributed by atoms with van der Waals surface area (Å²) >= 11 is 0. The van der Waals surface area contributed by atoms with Crippen molar-refractivity contribution in [3.05, 3.63) is 54.1 Å². The molecule has 0 saturated heterocycles. The molecule has 3 amide bonds. The highest BCUT2D eigenvalue weighted by Crippen LogP contribution is 2.40. The molecule has 2 unspecified atom stereocenters. The van der Waals surface area contributed by atoms with Crippen molar-refractivity contribution < 1.29 is 27.6 Å². The lowest BCUT2D eigenvalue weighted by molar-refractivity contribution is -0.174. The number of nitrogens with one attached hydrogen (secondary N) is 2. The minimum absolute atomic E-state index is 0.375. The van der Waals surface area contributed by atoms with Gasteiger partial charge in [-0.25, -0.2) is 5.01 Å². The molecular weight excluding hydrogens is 423 g/mol. The molecule has 9 heteroatoms. The lowest BCUT2D eigenvalue weighted by Gasteiger charge is -2.27. The van der Waals surface area contributed by atoms with Gasteiger partial charge in [-0.1, -0.05) is 49.4 Å². The van der Waals surface area contributed by atoms with Gasteiger partial charge in [-0.15, -0.1) is 0 Å². The third kappa shape index (κ3) is 4.76. The van der Waals surface area contributed by atoms with E-state index in [1.54, 1.807) is 19.1 Å². The van der Waals surface area contributed by atoms with Gasteiger partial charge in [-0.2, -0.15) is 13.2 Å². The number of benzene rings is 2. The van der Waals surface area contributed by atoms with Crippen LogP contribution in [0.1, 0.15) is 38.7 Å². The summed E-state index contributed by atoms with van der Waals surface area (Å²) in [7, 11) is 0. The number of hydrogen-bond donors (Lipinski definition) is 2. The van der Waals surface area contributed by atoms with Crippen LogP contribution < -0.4 is 15.8 Å². The Morgan fingerprint density at radius 1 is 1.03 bits per heavy atom. The van der Waals surface area contributed by atoms with Crippen LogP contribution in [0, 0.1) is 5.92 Å². The fourth-order valence-corrected chi connectivity index (χ4v) is 3.54. The van der Waals surface area contributed by atoms with E-state index in [0.29, 0.717) is 5.69 Å². The van der Waals surface area contributed by atoms with E-state index >= 15 is 0 Å². The number of anilines is 1. The van der Waals surface area contributed by atoms with Crippen LogP contribution in [0.5, 0.6) is 0 Å². The molecule has 3 rings (SSSR count). The number of nitrogens with zero attached hydrogens (tertiary/aromatic N) is 1. The Morgan fingerprint density at radius 2 is 1.62 bits per heavy atom. The minimum Gasteiger partial charge on any atom is -0.345 e. The van der Waals surface area contributed by atoms with E-state index in [-0.39, 0.29) is 5.91 Å². The van der Waals surface area contributed by atoms with Gasteiger partial charge >= 0.3 is 6.18 Å². The Balaban J connectivity index is 1.80. The highest BCUT2D eigenvalue weighted by Gasteiger charge is 2.38. The van der Waals surface area contributed by atoms with Crippen molar-refractivity contribution >= 4 is 23.4 Å². The molecule has 1 aliphatic heterocycles. The Labute approximate surface area is 183 Å². The van der Waals surface area contributed by atoms with Crippen molar-refractivity contribution in [2.24, 2.45) is 5.92 Å². The highest BCUT2D eigenvalue weighted by molar-refractivity contribution is 6.06. The van der Waals surface area contributed by atoms with Crippen LogP contribution in [0.4, 0.5) is 18.9 Å². The first kappa shape index (κ1) is 23.3. The molecule has 0 aliphatic carbocycles. The van der Waals surface area contributed by atoms with Crippen molar-refractivity contribution in [2.75, 3.05) is 5.01 Å². The molecule has 6 nitrogen and oxygen atoms in total. The SMILES string of the molecule is CC1C(=O)N(NC(=O)[C@H](C)NC(=O)CC(C)C(F)(F)F)c2ccccc2-c2ccccc21. The highest BCUT2D eigenvalue weighted by atomic mass is 19.4. The smallest absolute Gasteiger partial charge is 0.345 e. The zero-order valence-electron chi connectivity index (χ0n) is 17.9. The summed E-state index contributed by atoms with van der Waals surface area (Å²) in [6.45, 7) is 3.98. The van der Waals surface area contributed by atoms with Crippen LogP contribution >= 0.6 is 0 Å². The van der Waals surface area contributed by atoms with Gasteiger partial charge in [-0.05, 0) is 31.0 Å². The monoisotopic (exact) mass is 447 g/mol. The molecule has 0 aromatic heterocycles. The van der Waals surface area contributed by atoms with Crippen LogP contribution in [-0.2, 0) is 14.4 Å². The van der Waals surface area contributed by atoms with E-state index in [2.05, 4.69) is 10.7 Å². The molecule has 32 heavy (non-hydrogen) atoms. The Hall–Kier alpha value is -3.36. The summed E-state index contributed by atoms with van der Waals surface area (Å²) in [4.78, 5) is 37.9. The second-order valence-corrected chi connectivity index (χ2v) is 7.91. The third-order valence-corrected chi connectivity index (χ3v) is 5.50. The average Bonchev–Trinajstić information content (AvgIpc) is 2.83. The summed E-state index contributed by atoms with van der Waals surface area (Å²) in [6.07, 6.45) is -5.30. The summed E-state index contributed by atoms with van der Waals surface area (Å²) in [5.74, 6) is -4.40. The average molecular weight is 447 g/mol. The molecule has 1 aliphatic rings. The minimum atomic E-state index is -4.50. The Morgan fingerprint density at radius 3 is 2.28 bits per heavy atom. The molecule has 0 fully saturated rings. The van der Waals surface area contributed by atoms with Gasteiger partial charge in [0.1, 0.15) is 6.04 Å². The first-order chi connectivity index (χ1) is 15.0. The topological polar surface area (TPSA) is 78.5 Å². The van der Waals surface area contributed by atoms with E-state index in [9.17, 15) is 27.6 Å². The maximum absolute atomic E-state index is 13.2. The van der Waals surface area contributed by atoms with Gasteiger partial charge < -0.3 is 5.32 Å². The van der Waals surface area contributed by atoms with E-state index in [1.165, 1.54) is 6.92 Å². The first-order valence-electron chi connectivity index (χ1n) is 10.2. The van der Waals surface area contributed by atoms with Crippen LogP contribution in [0.15, 0.2) is 48.5 Å². The number of fused-ring (bicyclic) bond motifs is 3. The molecule has 2 aromatic carbocycles. The third-order valence-electron chi connectivity index (χ3n) is 5.50. The maximum atomic E-state index is 13.2. The number of alkyl halides is 3. The number of hydrazine groups is 1. The van der Waals surface area contributed by atoms with E-state index in [0.717, 1.165) is 28.6 Å². The Kier molecular flexibility index (Phi) is 6.57. The van der Waals surface area contributed by atoms with Gasteiger partial charge in [0, 0.05) is 12.0 Å². The number of carbonyl (C=O) groups is 3. The summed E-state index contributed by atoms with van der Waals surface area (Å²) in [5.41, 5.74) is 5.41. The standard InChI is InChI=1S/C23H24F3N3O3/c1-13(23(24,25)26)12-20(30)27-15(3)21(31)28-29-19-11-7-6-10-18(19)17-9-5-4-8-16(17)14(2)22(29)32/h4-11,13-15H,12H2,1-3H3,(H,27,30)(H,28,31)/t13?,14?,15-/m0/s1. The van der Waals surface area contributed by atoms with Crippen LogP contribution in [0.2, 0.25) is 0 Å². The van der Waals surface area contributed by atoms with Crippen LogP contribution in [-0.4, -0.2) is 29.9 Å². The molecule has 0 radical (unpaired) electrons. The molecule has 2 N–H and O–H groups in total. The van der Waals surface area contributed by atoms with Crippen molar-refractivity contribution in [2.45, 2.75) is 45.3 Å². The van der Waals surface area contributed by atoms with Crippen molar-refractivity contribution in [1.29, 1.82) is 0 Å². The van der Waals surface area contributed by atoms with Gasteiger partial charge in [-0.3, -0.25) is 19.8 Å². The molecular formula is C23H24F3N3O3. The fraction of sp³-hybridized carbons (Fsp3) is 0.348. The van der Waals surface area contributed by atoms with E-state index in [4.69, 9.17) is 0 Å². The van der Waals surface area contributed by atoms with E-state index in [1.807, 2.05) is 36.4 Å². The number of amides is 3. The van der Waals surface area contributed by atoms with Gasteiger partial charge in [0.25, 0.3) is 11.8 Å². The molecule has 0 spiro atoms. The van der Waals surface area contributed by atoms with Gasteiger partial charge in [0.2, 0.25) is 5.91 Å². The summed E-state index contributed by atoms with van der Waals surface area (Å²) in [6, 6.07) is 13.4. The quantitative estimate of drug-likeness (QED) is 0.729. The second-order valence-electron chi connectivity index (χ2n) is 7.91. The lowest BCUT2D eigenvalue weighted by Crippen LogP contribution is -2.54. The molecule has 2 aromatic rings. The second kappa shape index (κ2) is 9.02. The number of carbonyl (C=O) groups excluding carboxylic acids is 3. The molecule has 0 bridgehead atoms. The molecule has 3 atom stereocenters. The van der Waals surface area contributed by atoms with Crippen molar-refractivity contribution in [1.82, 2.24) is 10.7 Å². The van der Waals surface area contributed by atoms with Crippen molar-refractivity contribution in [3.63, 3.8) is 0 Å². The largest absolute Gasteiger partial charge is 0.392 e. The number of rotatable bonds is 5. The lowest BCUT2D eigenvalue weighted by atomic mass is 9.92. The predicted octanol–water partition coefficient (Wildman–Crippen LogP) is 3.93. The van der Waals surface area contributed by atoms with Gasteiger partial charge in [0.05, 0.1) is 17.5 Å². The normalized spacial score (nSPS) is 17.5. The molecule has 1 heterocycles. The number of para-hydroxylation sites is 1.